The van der Waals surface area contributed by atoms with Gasteiger partial charge in [0.15, 0.2) is 18.1 Å². The lowest BCUT2D eigenvalue weighted by molar-refractivity contribution is -0.123. The second-order valence-corrected chi connectivity index (χ2v) is 4.14. The van der Waals surface area contributed by atoms with Gasteiger partial charge in [0.1, 0.15) is 0 Å². The first-order valence-corrected chi connectivity index (χ1v) is 6.38. The van der Waals surface area contributed by atoms with Crippen molar-refractivity contribution in [2.75, 3.05) is 20.3 Å². The minimum absolute atomic E-state index is 0.0669. The minimum atomic E-state index is -0.365. The normalized spacial score (nSPS) is 11.7. The van der Waals surface area contributed by atoms with Gasteiger partial charge in [0.2, 0.25) is 0 Å². The lowest BCUT2D eigenvalue weighted by Gasteiger charge is -2.11. The number of aliphatic hydroxyl groups is 1. The van der Waals surface area contributed by atoms with E-state index in [1.807, 2.05) is 19.1 Å². The topological polar surface area (TPSA) is 67.8 Å². The van der Waals surface area contributed by atoms with Crippen LogP contribution in [0.25, 0.3) is 0 Å². The van der Waals surface area contributed by atoms with Gasteiger partial charge < -0.3 is 19.9 Å². The molecule has 19 heavy (non-hydrogen) atoms. The van der Waals surface area contributed by atoms with Crippen molar-refractivity contribution < 1.29 is 19.4 Å². The molecule has 1 rings (SSSR count). The molecule has 0 bridgehead atoms. The fourth-order valence-corrected chi connectivity index (χ4v) is 1.51. The molecule has 0 saturated heterocycles. The number of aliphatic hydroxyl groups excluding tert-OH is 1. The number of rotatable bonds is 8. The van der Waals surface area contributed by atoms with Crippen LogP contribution >= 0.6 is 0 Å². The molecule has 5 heteroatoms. The fraction of sp³-hybridized carbons (Fsp3) is 0.500. The van der Waals surface area contributed by atoms with Crippen LogP contribution in [0, 0.1) is 0 Å². The molecule has 1 atom stereocenters. The molecule has 0 saturated carbocycles. The van der Waals surface area contributed by atoms with Crippen molar-refractivity contribution in [3.05, 3.63) is 24.3 Å². The van der Waals surface area contributed by atoms with Crippen LogP contribution in [0.4, 0.5) is 0 Å². The number of hydrogen-bond donors (Lipinski definition) is 2. The predicted octanol–water partition coefficient (Wildman–Crippen LogP) is 1.35. The van der Waals surface area contributed by atoms with E-state index in [9.17, 15) is 9.90 Å². The van der Waals surface area contributed by atoms with Gasteiger partial charge in [-0.25, -0.2) is 0 Å². The number of amides is 1. The Bertz CT molecular complexity index is 395. The SMILES string of the molecule is CCC(O)CCNC(=O)COc1ccccc1OC. The maximum Gasteiger partial charge on any atom is 0.257 e. The zero-order valence-electron chi connectivity index (χ0n) is 11.4. The molecule has 0 aliphatic carbocycles. The van der Waals surface area contributed by atoms with Gasteiger partial charge in [0.25, 0.3) is 5.91 Å². The zero-order chi connectivity index (χ0) is 14.1. The second kappa shape index (κ2) is 8.37. The van der Waals surface area contributed by atoms with Crippen molar-refractivity contribution in [3.8, 4) is 11.5 Å². The average molecular weight is 267 g/mol. The molecular weight excluding hydrogens is 246 g/mol. The monoisotopic (exact) mass is 267 g/mol. The van der Waals surface area contributed by atoms with Crippen molar-refractivity contribution in [2.24, 2.45) is 0 Å². The Morgan fingerprint density at radius 1 is 1.37 bits per heavy atom. The third-order valence-corrected chi connectivity index (χ3v) is 2.70. The number of carbonyl (C=O) groups excluding carboxylic acids is 1. The van der Waals surface area contributed by atoms with E-state index >= 15 is 0 Å². The van der Waals surface area contributed by atoms with Crippen LogP contribution in [0.3, 0.4) is 0 Å². The number of para-hydroxylation sites is 2. The Morgan fingerprint density at radius 3 is 2.68 bits per heavy atom. The number of carbonyl (C=O) groups is 1. The summed E-state index contributed by atoms with van der Waals surface area (Å²) in [6.45, 7) is 2.28. The summed E-state index contributed by atoms with van der Waals surface area (Å²) in [6, 6.07) is 7.16. The molecule has 0 heterocycles. The molecule has 0 radical (unpaired) electrons. The molecule has 0 aromatic heterocycles. The van der Waals surface area contributed by atoms with Crippen LogP contribution < -0.4 is 14.8 Å². The minimum Gasteiger partial charge on any atom is -0.493 e. The number of methoxy groups -OCH3 is 1. The predicted molar refractivity (Wildman–Crippen MR) is 72.4 cm³/mol. The number of hydrogen-bond acceptors (Lipinski definition) is 4. The van der Waals surface area contributed by atoms with Gasteiger partial charge in [-0.3, -0.25) is 4.79 Å². The van der Waals surface area contributed by atoms with Crippen LogP contribution in [0.15, 0.2) is 24.3 Å². The van der Waals surface area contributed by atoms with Crippen molar-refractivity contribution in [1.82, 2.24) is 5.32 Å². The highest BCUT2D eigenvalue weighted by atomic mass is 16.5. The van der Waals surface area contributed by atoms with E-state index in [0.717, 1.165) is 0 Å². The van der Waals surface area contributed by atoms with Crippen molar-refractivity contribution in [1.29, 1.82) is 0 Å². The quantitative estimate of drug-likeness (QED) is 0.746. The summed E-state index contributed by atoms with van der Waals surface area (Å²) in [6.07, 6.45) is 0.875. The summed E-state index contributed by atoms with van der Waals surface area (Å²) in [5, 5.41) is 12.0. The first kappa shape index (κ1) is 15.3. The molecule has 0 aliphatic heterocycles. The molecule has 0 aliphatic rings. The Kier molecular flexibility index (Phi) is 6.74. The summed E-state index contributed by atoms with van der Waals surface area (Å²) in [5.41, 5.74) is 0. The van der Waals surface area contributed by atoms with Crippen molar-refractivity contribution in [2.45, 2.75) is 25.9 Å². The number of benzene rings is 1. The van der Waals surface area contributed by atoms with Crippen molar-refractivity contribution >= 4 is 5.91 Å². The van der Waals surface area contributed by atoms with Gasteiger partial charge in [-0.05, 0) is 25.0 Å². The zero-order valence-corrected chi connectivity index (χ0v) is 11.4. The number of nitrogens with one attached hydrogen (secondary N) is 1. The molecular formula is C14H21NO4. The fourth-order valence-electron chi connectivity index (χ4n) is 1.51. The van der Waals surface area contributed by atoms with Gasteiger partial charge in [-0.1, -0.05) is 19.1 Å². The maximum atomic E-state index is 11.5. The van der Waals surface area contributed by atoms with E-state index in [1.54, 1.807) is 19.2 Å². The van der Waals surface area contributed by atoms with E-state index in [2.05, 4.69) is 5.32 Å². The molecule has 5 nitrogen and oxygen atoms in total. The highest BCUT2D eigenvalue weighted by Gasteiger charge is 2.07. The van der Waals surface area contributed by atoms with Crippen LogP contribution in [0.2, 0.25) is 0 Å². The summed E-state index contributed by atoms with van der Waals surface area (Å²) in [7, 11) is 1.55. The standard InChI is InChI=1S/C14H21NO4/c1-3-11(16)8-9-15-14(17)10-19-13-7-5-4-6-12(13)18-2/h4-7,11,16H,3,8-10H2,1-2H3,(H,15,17). The molecule has 1 aromatic rings. The summed E-state index contributed by atoms with van der Waals surface area (Å²) in [5.74, 6) is 0.916. The van der Waals surface area contributed by atoms with Gasteiger partial charge in [0.05, 0.1) is 13.2 Å². The molecule has 1 unspecified atom stereocenters. The first-order chi connectivity index (χ1) is 9.17. The van der Waals surface area contributed by atoms with E-state index in [-0.39, 0.29) is 18.6 Å². The molecule has 106 valence electrons. The highest BCUT2D eigenvalue weighted by molar-refractivity contribution is 5.77. The molecule has 1 aromatic carbocycles. The summed E-state index contributed by atoms with van der Waals surface area (Å²) < 4.78 is 10.5. The first-order valence-electron chi connectivity index (χ1n) is 6.38. The van der Waals surface area contributed by atoms with Gasteiger partial charge in [0, 0.05) is 6.54 Å². The van der Waals surface area contributed by atoms with E-state index in [4.69, 9.17) is 9.47 Å². The van der Waals surface area contributed by atoms with Crippen molar-refractivity contribution in [3.63, 3.8) is 0 Å². The largest absolute Gasteiger partial charge is 0.493 e. The molecule has 0 spiro atoms. The Balaban J connectivity index is 2.30. The Hall–Kier alpha value is -1.75. The molecule has 0 fully saturated rings. The third-order valence-electron chi connectivity index (χ3n) is 2.70. The molecule has 2 N–H and O–H groups in total. The van der Waals surface area contributed by atoms with E-state index < -0.39 is 0 Å². The smallest absolute Gasteiger partial charge is 0.257 e. The van der Waals surface area contributed by atoms with Gasteiger partial charge >= 0.3 is 0 Å². The van der Waals surface area contributed by atoms with Crippen LogP contribution in [-0.4, -0.2) is 37.4 Å². The molecule has 1 amide bonds. The van der Waals surface area contributed by atoms with Gasteiger partial charge in [-0.2, -0.15) is 0 Å². The maximum absolute atomic E-state index is 11.5. The van der Waals surface area contributed by atoms with Crippen LogP contribution in [0.5, 0.6) is 11.5 Å². The second-order valence-electron chi connectivity index (χ2n) is 4.14. The summed E-state index contributed by atoms with van der Waals surface area (Å²) in [4.78, 5) is 11.5. The van der Waals surface area contributed by atoms with Crippen LogP contribution in [0.1, 0.15) is 19.8 Å². The average Bonchev–Trinajstić information content (AvgIpc) is 2.45. The Labute approximate surface area is 113 Å². The summed E-state index contributed by atoms with van der Waals surface area (Å²) >= 11 is 0. The Morgan fingerprint density at radius 2 is 2.05 bits per heavy atom. The highest BCUT2D eigenvalue weighted by Crippen LogP contribution is 2.25. The lowest BCUT2D eigenvalue weighted by Crippen LogP contribution is -2.31. The lowest BCUT2D eigenvalue weighted by atomic mass is 10.2. The van der Waals surface area contributed by atoms with Crippen LogP contribution in [-0.2, 0) is 4.79 Å². The van der Waals surface area contributed by atoms with E-state index in [1.165, 1.54) is 0 Å². The third kappa shape index (κ3) is 5.61. The van der Waals surface area contributed by atoms with E-state index in [0.29, 0.717) is 30.9 Å². The van der Waals surface area contributed by atoms with Gasteiger partial charge in [-0.15, -0.1) is 0 Å². The number of ether oxygens (including phenoxy) is 2.